The Morgan fingerprint density at radius 2 is 2.12 bits per heavy atom. The van der Waals surface area contributed by atoms with Crippen molar-refractivity contribution in [2.75, 3.05) is 6.54 Å². The molecular formula is C12H13F2N3. The number of rotatable bonds is 3. The second-order valence-electron chi connectivity index (χ2n) is 3.81. The highest BCUT2D eigenvalue weighted by Gasteiger charge is 2.14. The van der Waals surface area contributed by atoms with E-state index in [9.17, 15) is 8.78 Å². The first-order chi connectivity index (χ1) is 8.13. The van der Waals surface area contributed by atoms with E-state index in [1.54, 1.807) is 17.9 Å². The summed E-state index contributed by atoms with van der Waals surface area (Å²) >= 11 is 0. The summed E-state index contributed by atoms with van der Waals surface area (Å²) in [6.07, 6.45) is 2.15. The molecule has 2 rings (SSSR count). The summed E-state index contributed by atoms with van der Waals surface area (Å²) in [7, 11) is 1.80. The van der Waals surface area contributed by atoms with E-state index in [2.05, 4.69) is 4.98 Å². The van der Waals surface area contributed by atoms with E-state index < -0.39 is 11.6 Å². The maximum Gasteiger partial charge on any atom is 0.132 e. The number of nitrogens with zero attached hydrogens (tertiary/aromatic N) is 2. The summed E-state index contributed by atoms with van der Waals surface area (Å²) in [4.78, 5) is 4.11. The number of hydrogen-bond donors (Lipinski definition) is 1. The Labute approximate surface area is 97.9 Å². The van der Waals surface area contributed by atoms with Crippen LogP contribution >= 0.6 is 0 Å². The van der Waals surface area contributed by atoms with Gasteiger partial charge in [0.1, 0.15) is 11.6 Å². The van der Waals surface area contributed by atoms with Gasteiger partial charge >= 0.3 is 0 Å². The summed E-state index contributed by atoms with van der Waals surface area (Å²) in [5.41, 5.74) is 6.93. The van der Waals surface area contributed by atoms with Crippen molar-refractivity contribution in [1.82, 2.24) is 9.55 Å². The minimum Gasteiger partial charge on any atom is -0.337 e. The molecule has 0 unspecified atom stereocenters. The van der Waals surface area contributed by atoms with Gasteiger partial charge in [-0.1, -0.05) is 0 Å². The first-order valence-electron chi connectivity index (χ1n) is 5.29. The van der Waals surface area contributed by atoms with Crippen molar-refractivity contribution in [2.45, 2.75) is 6.42 Å². The van der Waals surface area contributed by atoms with Gasteiger partial charge in [0.15, 0.2) is 0 Å². The average molecular weight is 237 g/mol. The lowest BCUT2D eigenvalue weighted by Gasteiger charge is -2.06. The number of imidazole rings is 1. The molecule has 17 heavy (non-hydrogen) atoms. The largest absolute Gasteiger partial charge is 0.337 e. The smallest absolute Gasteiger partial charge is 0.132 e. The Balaban J connectivity index is 2.56. The fraction of sp³-hybridized carbons (Fsp3) is 0.250. The van der Waals surface area contributed by atoms with Gasteiger partial charge in [-0.15, -0.1) is 0 Å². The highest BCUT2D eigenvalue weighted by molar-refractivity contribution is 5.62. The average Bonchev–Trinajstić information content (AvgIpc) is 2.65. The number of nitrogens with two attached hydrogens (primary N) is 1. The highest BCUT2D eigenvalue weighted by atomic mass is 19.1. The van der Waals surface area contributed by atoms with E-state index in [-0.39, 0.29) is 5.56 Å². The van der Waals surface area contributed by atoms with Crippen LogP contribution in [0.3, 0.4) is 0 Å². The molecule has 0 saturated heterocycles. The third kappa shape index (κ3) is 2.19. The van der Waals surface area contributed by atoms with E-state index in [0.717, 1.165) is 23.9 Å². The Morgan fingerprint density at radius 3 is 2.82 bits per heavy atom. The maximum absolute atomic E-state index is 13.6. The van der Waals surface area contributed by atoms with E-state index in [4.69, 9.17) is 5.73 Å². The highest BCUT2D eigenvalue weighted by Crippen LogP contribution is 2.25. The van der Waals surface area contributed by atoms with Crippen LogP contribution in [0.1, 0.15) is 5.69 Å². The summed E-state index contributed by atoms with van der Waals surface area (Å²) in [6, 6.07) is 3.34. The Hall–Kier alpha value is -1.75. The van der Waals surface area contributed by atoms with Crippen LogP contribution in [-0.2, 0) is 13.5 Å². The normalized spacial score (nSPS) is 10.8. The molecule has 0 aliphatic rings. The topological polar surface area (TPSA) is 43.8 Å². The Bertz CT molecular complexity index is 535. The van der Waals surface area contributed by atoms with E-state index >= 15 is 0 Å². The van der Waals surface area contributed by atoms with Crippen LogP contribution < -0.4 is 5.73 Å². The molecule has 1 heterocycles. The van der Waals surface area contributed by atoms with Crippen LogP contribution in [0.4, 0.5) is 8.78 Å². The molecular weight excluding hydrogens is 224 g/mol. The summed E-state index contributed by atoms with van der Waals surface area (Å²) in [5, 5.41) is 0. The summed E-state index contributed by atoms with van der Waals surface area (Å²) in [5.74, 6) is -0.964. The number of hydrogen-bond acceptors (Lipinski definition) is 2. The molecule has 90 valence electrons. The zero-order valence-corrected chi connectivity index (χ0v) is 9.45. The molecule has 1 aromatic heterocycles. The monoisotopic (exact) mass is 237 g/mol. The van der Waals surface area contributed by atoms with Gasteiger partial charge in [-0.3, -0.25) is 0 Å². The van der Waals surface area contributed by atoms with Crippen molar-refractivity contribution < 1.29 is 8.78 Å². The lowest BCUT2D eigenvalue weighted by molar-refractivity contribution is 0.602. The maximum atomic E-state index is 13.6. The predicted octanol–water partition coefficient (Wildman–Crippen LogP) is 1.87. The van der Waals surface area contributed by atoms with Crippen molar-refractivity contribution >= 4 is 0 Å². The van der Waals surface area contributed by atoms with Crippen LogP contribution in [0.5, 0.6) is 0 Å². The van der Waals surface area contributed by atoms with Gasteiger partial charge in [-0.05, 0) is 24.7 Å². The zero-order valence-electron chi connectivity index (χ0n) is 9.45. The van der Waals surface area contributed by atoms with Gasteiger partial charge in [-0.2, -0.15) is 0 Å². The molecule has 0 bridgehead atoms. The van der Waals surface area contributed by atoms with Gasteiger partial charge in [0.25, 0.3) is 0 Å². The molecule has 5 heteroatoms. The molecule has 2 aromatic rings. The standard InChI is InChI=1S/C12H13F2N3/c1-17-7-16-12(11(17)4-5-15)9-6-8(13)2-3-10(9)14/h2-3,6-7H,4-5,15H2,1H3. The van der Waals surface area contributed by atoms with Gasteiger partial charge < -0.3 is 10.3 Å². The molecule has 0 saturated carbocycles. The number of benzene rings is 1. The van der Waals surface area contributed by atoms with Crippen LogP contribution in [0.15, 0.2) is 24.5 Å². The number of aromatic nitrogens is 2. The van der Waals surface area contributed by atoms with Crippen LogP contribution in [0.25, 0.3) is 11.3 Å². The van der Waals surface area contributed by atoms with Crippen molar-refractivity contribution in [2.24, 2.45) is 12.8 Å². The zero-order chi connectivity index (χ0) is 12.4. The molecule has 3 nitrogen and oxygen atoms in total. The Morgan fingerprint density at radius 1 is 1.35 bits per heavy atom. The molecule has 0 atom stereocenters. The molecule has 0 aliphatic heterocycles. The predicted molar refractivity (Wildman–Crippen MR) is 61.3 cm³/mol. The lowest BCUT2D eigenvalue weighted by Crippen LogP contribution is -2.07. The van der Waals surface area contributed by atoms with Crippen molar-refractivity contribution in [3.8, 4) is 11.3 Å². The molecule has 0 radical (unpaired) electrons. The third-order valence-corrected chi connectivity index (χ3v) is 2.62. The molecule has 0 amide bonds. The number of halogens is 2. The Kier molecular flexibility index (Phi) is 3.19. The van der Waals surface area contributed by atoms with E-state index in [1.807, 2.05) is 0 Å². The van der Waals surface area contributed by atoms with Crippen molar-refractivity contribution in [3.63, 3.8) is 0 Å². The molecule has 0 aliphatic carbocycles. The second-order valence-corrected chi connectivity index (χ2v) is 3.81. The third-order valence-electron chi connectivity index (χ3n) is 2.62. The fourth-order valence-corrected chi connectivity index (χ4v) is 1.79. The number of aryl methyl sites for hydroxylation is 1. The van der Waals surface area contributed by atoms with Gasteiger partial charge in [-0.25, -0.2) is 13.8 Å². The molecule has 1 aromatic carbocycles. The van der Waals surface area contributed by atoms with Crippen LogP contribution in [0, 0.1) is 11.6 Å². The van der Waals surface area contributed by atoms with Gasteiger partial charge in [0.2, 0.25) is 0 Å². The second kappa shape index (κ2) is 4.63. The summed E-state index contributed by atoms with van der Waals surface area (Å²) in [6.45, 7) is 0.434. The SMILES string of the molecule is Cn1cnc(-c2cc(F)ccc2F)c1CCN. The van der Waals surface area contributed by atoms with E-state index in [1.165, 1.54) is 0 Å². The lowest BCUT2D eigenvalue weighted by atomic mass is 10.1. The van der Waals surface area contributed by atoms with Gasteiger partial charge in [0, 0.05) is 24.7 Å². The minimum atomic E-state index is -0.483. The van der Waals surface area contributed by atoms with E-state index in [0.29, 0.717) is 18.7 Å². The minimum absolute atomic E-state index is 0.175. The van der Waals surface area contributed by atoms with Crippen molar-refractivity contribution in [1.29, 1.82) is 0 Å². The van der Waals surface area contributed by atoms with Gasteiger partial charge in [0.05, 0.1) is 12.0 Å². The first kappa shape index (κ1) is 11.7. The summed E-state index contributed by atoms with van der Waals surface area (Å²) < 4.78 is 28.5. The molecule has 0 fully saturated rings. The quantitative estimate of drug-likeness (QED) is 0.885. The van der Waals surface area contributed by atoms with Crippen LogP contribution in [-0.4, -0.2) is 16.1 Å². The molecule has 0 spiro atoms. The fourth-order valence-electron chi connectivity index (χ4n) is 1.79. The molecule has 2 N–H and O–H groups in total. The van der Waals surface area contributed by atoms with Crippen molar-refractivity contribution in [3.05, 3.63) is 41.9 Å². The van der Waals surface area contributed by atoms with Crippen LogP contribution in [0.2, 0.25) is 0 Å². The first-order valence-corrected chi connectivity index (χ1v) is 5.29.